The van der Waals surface area contributed by atoms with Crippen LogP contribution in [-0.2, 0) is 0 Å². The van der Waals surface area contributed by atoms with Crippen LogP contribution < -0.4 is 16.6 Å². The Morgan fingerprint density at radius 1 is 1.12 bits per heavy atom. The molecule has 1 aliphatic heterocycles. The van der Waals surface area contributed by atoms with Crippen LogP contribution in [0.1, 0.15) is 45.0 Å². The number of pyridine rings is 1. The highest BCUT2D eigenvalue weighted by molar-refractivity contribution is 6.23. The molecule has 1 aromatic heterocycles. The first-order valence-electron chi connectivity index (χ1n) is 7.66. The predicted molar refractivity (Wildman–Crippen MR) is 85.2 cm³/mol. The van der Waals surface area contributed by atoms with E-state index in [0.717, 1.165) is 10.6 Å². The first-order valence-corrected chi connectivity index (χ1v) is 7.66. The first-order chi connectivity index (χ1) is 11.8. The summed E-state index contributed by atoms with van der Waals surface area (Å²) < 4.78 is 27.3. The van der Waals surface area contributed by atoms with Crippen molar-refractivity contribution in [2.24, 2.45) is 0 Å². The fourth-order valence-electron chi connectivity index (χ4n) is 3.36. The molecule has 1 saturated carbocycles. The minimum absolute atomic E-state index is 0.0508. The van der Waals surface area contributed by atoms with Gasteiger partial charge in [0.15, 0.2) is 0 Å². The number of nitrogens with two attached hydrogens (primary N) is 1. The van der Waals surface area contributed by atoms with E-state index in [1.807, 2.05) is 0 Å². The van der Waals surface area contributed by atoms with E-state index in [-0.39, 0.29) is 35.7 Å². The van der Waals surface area contributed by atoms with Gasteiger partial charge in [0.05, 0.1) is 16.8 Å². The largest absolute Gasteiger partial charge is 0.384 e. The molecule has 0 bridgehead atoms. The van der Waals surface area contributed by atoms with Gasteiger partial charge in [-0.3, -0.25) is 24.3 Å². The third-order valence-electron chi connectivity index (χ3n) is 4.64. The Morgan fingerprint density at radius 3 is 2.52 bits per heavy atom. The Balaban J connectivity index is 1.81. The van der Waals surface area contributed by atoms with Crippen LogP contribution in [0.25, 0.3) is 5.69 Å². The highest BCUT2D eigenvalue weighted by atomic mass is 19.3. The highest BCUT2D eigenvalue weighted by Crippen LogP contribution is 2.48. The van der Waals surface area contributed by atoms with Crippen molar-refractivity contribution in [2.75, 3.05) is 5.73 Å². The second-order valence-corrected chi connectivity index (χ2v) is 6.33. The van der Waals surface area contributed by atoms with Crippen LogP contribution >= 0.6 is 0 Å². The zero-order chi connectivity index (χ0) is 17.9. The van der Waals surface area contributed by atoms with Gasteiger partial charge in [-0.05, 0) is 23.6 Å². The minimum Gasteiger partial charge on any atom is -0.384 e. The number of nitrogen functional groups attached to an aromatic ring is 1. The monoisotopic (exact) mass is 345 g/mol. The molecule has 0 spiro atoms. The average Bonchev–Trinajstić information content (AvgIpc) is 2.79. The second kappa shape index (κ2) is 4.98. The quantitative estimate of drug-likeness (QED) is 0.812. The smallest absolute Gasteiger partial charge is 0.262 e. The number of nitrogens with one attached hydrogen (secondary N) is 1. The number of anilines is 1. The van der Waals surface area contributed by atoms with Crippen molar-refractivity contribution in [3.63, 3.8) is 0 Å². The first kappa shape index (κ1) is 15.5. The number of hydrogen-bond acceptors (Lipinski definition) is 4. The summed E-state index contributed by atoms with van der Waals surface area (Å²) >= 11 is 0. The molecule has 128 valence electrons. The standard InChI is InChI=1S/C17H13F2N3O3/c18-17(19)6-9(7-17)8-2-1-3-10(4-8)22-12(23)5-11-13(14(22)20)16(25)21-15(11)24/h1-5,9H,6-7,20H2,(H,21,24,25). The molecular formula is C17H13F2N3O3. The molecule has 2 aromatic rings. The third-order valence-corrected chi connectivity index (χ3v) is 4.64. The van der Waals surface area contributed by atoms with Crippen LogP contribution in [0.15, 0.2) is 35.1 Å². The molecular weight excluding hydrogens is 332 g/mol. The number of hydrogen-bond donors (Lipinski definition) is 2. The van der Waals surface area contributed by atoms with Gasteiger partial charge >= 0.3 is 0 Å². The Kier molecular flexibility index (Phi) is 3.09. The number of fused-ring (bicyclic) bond motifs is 1. The summed E-state index contributed by atoms with van der Waals surface area (Å²) in [5, 5.41) is 2.09. The fraction of sp³-hybridized carbons (Fsp3) is 0.235. The predicted octanol–water partition coefficient (Wildman–Crippen LogP) is 1.82. The lowest BCUT2D eigenvalue weighted by Gasteiger charge is -2.35. The van der Waals surface area contributed by atoms with Crippen LogP contribution in [-0.4, -0.2) is 22.3 Å². The average molecular weight is 345 g/mol. The summed E-state index contributed by atoms with van der Waals surface area (Å²) in [6.07, 6.45) is -0.468. The lowest BCUT2D eigenvalue weighted by atomic mass is 9.76. The third kappa shape index (κ3) is 2.33. The van der Waals surface area contributed by atoms with E-state index in [9.17, 15) is 23.2 Å². The molecule has 0 saturated heterocycles. The molecule has 4 rings (SSSR count). The molecule has 3 N–H and O–H groups in total. The molecule has 2 aliphatic rings. The zero-order valence-electron chi connectivity index (χ0n) is 12.9. The summed E-state index contributed by atoms with van der Waals surface area (Å²) in [6.45, 7) is 0. The molecule has 2 heterocycles. The van der Waals surface area contributed by atoms with Gasteiger partial charge in [0.1, 0.15) is 5.82 Å². The SMILES string of the molecule is Nc1c2c(cc(=O)n1-c1cccc(C3CC(F)(F)C3)c1)C(=O)NC2=O. The van der Waals surface area contributed by atoms with Gasteiger partial charge in [-0.2, -0.15) is 0 Å². The van der Waals surface area contributed by atoms with Gasteiger partial charge in [-0.1, -0.05) is 12.1 Å². The zero-order valence-corrected chi connectivity index (χ0v) is 12.9. The summed E-state index contributed by atoms with van der Waals surface area (Å²) in [7, 11) is 0. The molecule has 6 nitrogen and oxygen atoms in total. The maximum absolute atomic E-state index is 13.1. The summed E-state index contributed by atoms with van der Waals surface area (Å²) in [4.78, 5) is 35.9. The van der Waals surface area contributed by atoms with Crippen LogP contribution in [0.2, 0.25) is 0 Å². The van der Waals surface area contributed by atoms with Crippen molar-refractivity contribution < 1.29 is 18.4 Å². The molecule has 0 unspecified atom stereocenters. The van der Waals surface area contributed by atoms with Gasteiger partial charge in [-0.25, -0.2) is 8.78 Å². The highest BCUT2D eigenvalue weighted by Gasteiger charge is 2.45. The molecule has 0 radical (unpaired) electrons. The number of carbonyl (C=O) groups is 2. The number of imide groups is 1. The van der Waals surface area contributed by atoms with Crippen molar-refractivity contribution in [2.45, 2.75) is 24.7 Å². The molecule has 1 fully saturated rings. The van der Waals surface area contributed by atoms with E-state index < -0.39 is 23.3 Å². The van der Waals surface area contributed by atoms with E-state index >= 15 is 0 Å². The molecule has 25 heavy (non-hydrogen) atoms. The van der Waals surface area contributed by atoms with Crippen LogP contribution in [0.5, 0.6) is 0 Å². The van der Waals surface area contributed by atoms with E-state index in [1.54, 1.807) is 24.3 Å². The number of alkyl halides is 2. The summed E-state index contributed by atoms with van der Waals surface area (Å²) in [5.74, 6) is -4.42. The Hall–Kier alpha value is -3.03. The molecule has 8 heteroatoms. The number of rotatable bonds is 2. The van der Waals surface area contributed by atoms with Gasteiger partial charge in [0.2, 0.25) is 5.92 Å². The van der Waals surface area contributed by atoms with Crippen molar-refractivity contribution >= 4 is 17.6 Å². The fourth-order valence-corrected chi connectivity index (χ4v) is 3.36. The molecule has 1 aromatic carbocycles. The van der Waals surface area contributed by atoms with Gasteiger partial charge in [0.25, 0.3) is 17.4 Å². The van der Waals surface area contributed by atoms with E-state index in [4.69, 9.17) is 5.73 Å². The van der Waals surface area contributed by atoms with Crippen molar-refractivity contribution in [3.05, 3.63) is 57.4 Å². The number of halogens is 2. The number of nitrogens with zero attached hydrogens (tertiary/aromatic N) is 1. The van der Waals surface area contributed by atoms with Gasteiger partial charge in [-0.15, -0.1) is 0 Å². The van der Waals surface area contributed by atoms with E-state index in [2.05, 4.69) is 5.32 Å². The number of carbonyl (C=O) groups excluding carboxylic acids is 2. The molecule has 2 amide bonds. The Morgan fingerprint density at radius 2 is 1.84 bits per heavy atom. The topological polar surface area (TPSA) is 94.2 Å². The van der Waals surface area contributed by atoms with Gasteiger partial charge < -0.3 is 5.73 Å². The van der Waals surface area contributed by atoms with Crippen LogP contribution in [0.3, 0.4) is 0 Å². The lowest BCUT2D eigenvalue weighted by molar-refractivity contribution is -0.0867. The second-order valence-electron chi connectivity index (χ2n) is 6.33. The summed E-state index contributed by atoms with van der Waals surface area (Å²) in [5.41, 5.74) is 6.33. The normalized spacial score (nSPS) is 18.6. The van der Waals surface area contributed by atoms with Crippen LogP contribution in [0, 0.1) is 0 Å². The molecule has 1 aliphatic carbocycles. The van der Waals surface area contributed by atoms with E-state index in [0.29, 0.717) is 11.3 Å². The van der Waals surface area contributed by atoms with Crippen molar-refractivity contribution in [1.82, 2.24) is 9.88 Å². The maximum Gasteiger partial charge on any atom is 0.262 e. The van der Waals surface area contributed by atoms with Crippen LogP contribution in [0.4, 0.5) is 14.6 Å². The lowest BCUT2D eigenvalue weighted by Crippen LogP contribution is -2.33. The Bertz CT molecular complexity index is 989. The summed E-state index contributed by atoms with van der Waals surface area (Å²) in [6, 6.07) is 7.62. The Labute approximate surface area is 140 Å². The minimum atomic E-state index is -2.65. The number of benzene rings is 1. The number of amides is 2. The number of aromatic nitrogens is 1. The molecule has 0 atom stereocenters. The van der Waals surface area contributed by atoms with Gasteiger partial charge in [0, 0.05) is 18.9 Å². The van der Waals surface area contributed by atoms with Crippen molar-refractivity contribution in [1.29, 1.82) is 0 Å². The van der Waals surface area contributed by atoms with Crippen molar-refractivity contribution in [3.8, 4) is 5.69 Å². The van der Waals surface area contributed by atoms with E-state index in [1.165, 1.54) is 0 Å². The maximum atomic E-state index is 13.1.